The van der Waals surface area contributed by atoms with E-state index in [0.717, 1.165) is 16.9 Å². The molecule has 1 amide bonds. The average molecular weight is 561 g/mol. The summed E-state index contributed by atoms with van der Waals surface area (Å²) in [6.45, 7) is 0.299. The van der Waals surface area contributed by atoms with Crippen LogP contribution in [0.3, 0.4) is 0 Å². The number of carbonyl (C=O) groups excluding carboxylic acids is 1. The van der Waals surface area contributed by atoms with Gasteiger partial charge in [-0.05, 0) is 77.5 Å². The van der Waals surface area contributed by atoms with Crippen molar-refractivity contribution in [2.75, 3.05) is 12.0 Å². The van der Waals surface area contributed by atoms with Crippen LogP contribution in [0.15, 0.2) is 107 Å². The van der Waals surface area contributed by atoms with E-state index < -0.39 is 0 Å². The van der Waals surface area contributed by atoms with Crippen LogP contribution in [0, 0.1) is 0 Å². The van der Waals surface area contributed by atoms with E-state index in [1.54, 1.807) is 42.4 Å². The number of hydrogen-bond acceptors (Lipinski definition) is 5. The van der Waals surface area contributed by atoms with Gasteiger partial charge in [0.25, 0.3) is 5.91 Å². The quantitative estimate of drug-likeness (QED) is 0.213. The van der Waals surface area contributed by atoms with Crippen molar-refractivity contribution in [1.29, 1.82) is 0 Å². The number of halogens is 2. The van der Waals surface area contributed by atoms with Crippen molar-refractivity contribution in [2.45, 2.75) is 6.61 Å². The molecule has 5 nitrogen and oxygen atoms in total. The van der Waals surface area contributed by atoms with Crippen molar-refractivity contribution in [3.63, 3.8) is 0 Å². The maximum absolute atomic E-state index is 13.6. The third-order valence-corrected chi connectivity index (χ3v) is 7.15. The molecule has 0 unspecified atom stereocenters. The minimum absolute atomic E-state index is 0.172. The molecule has 0 atom stereocenters. The highest BCUT2D eigenvalue weighted by Gasteiger charge is 2.34. The predicted octanol–water partition coefficient (Wildman–Crippen LogP) is 8.39. The van der Waals surface area contributed by atoms with E-state index in [-0.39, 0.29) is 5.91 Å². The number of amidine groups is 1. The van der Waals surface area contributed by atoms with Gasteiger partial charge >= 0.3 is 0 Å². The van der Waals surface area contributed by atoms with Gasteiger partial charge in [0.2, 0.25) is 0 Å². The predicted molar refractivity (Wildman–Crippen MR) is 157 cm³/mol. The molecule has 8 heteroatoms. The first-order chi connectivity index (χ1) is 18.5. The van der Waals surface area contributed by atoms with Crippen molar-refractivity contribution in [3.8, 4) is 11.5 Å². The SMILES string of the molecule is COc1cc(/C=C2\SC(=Nc3ccccc3)N(c3ccccc3)C2=O)cc(Cl)c1OCc1ccc(Cl)cc1. The molecule has 4 aromatic rings. The normalized spacial score (nSPS) is 15.3. The van der Waals surface area contributed by atoms with Crippen LogP contribution in [0.25, 0.3) is 6.08 Å². The average Bonchev–Trinajstić information content (AvgIpc) is 3.23. The number of methoxy groups -OCH3 is 1. The second kappa shape index (κ2) is 11.8. The minimum atomic E-state index is -0.172. The molecule has 0 spiro atoms. The summed E-state index contributed by atoms with van der Waals surface area (Å²) in [5, 5.41) is 1.60. The van der Waals surface area contributed by atoms with Crippen LogP contribution in [0.1, 0.15) is 11.1 Å². The lowest BCUT2D eigenvalue weighted by Crippen LogP contribution is -2.28. The third-order valence-electron chi connectivity index (χ3n) is 5.65. The smallest absolute Gasteiger partial charge is 0.271 e. The van der Waals surface area contributed by atoms with Crippen molar-refractivity contribution in [2.24, 2.45) is 4.99 Å². The standard InChI is InChI=1S/C30H22Cl2N2O3S/c1-36-26-17-21(16-25(32)28(26)37-19-20-12-14-22(31)15-13-20)18-27-29(35)34(24-10-6-3-7-11-24)30(38-27)33-23-8-4-2-5-9-23/h2-18H,19H2,1H3/b27-18-,33-30?. The molecule has 1 saturated heterocycles. The van der Waals surface area contributed by atoms with Crippen LogP contribution in [-0.4, -0.2) is 18.2 Å². The Kier molecular flexibility index (Phi) is 8.03. The number of benzene rings is 4. The number of hydrogen-bond donors (Lipinski definition) is 0. The van der Waals surface area contributed by atoms with Crippen LogP contribution in [-0.2, 0) is 11.4 Å². The maximum Gasteiger partial charge on any atom is 0.271 e. The Morgan fingerprint density at radius 1 is 0.921 bits per heavy atom. The van der Waals surface area contributed by atoms with Gasteiger partial charge in [0.1, 0.15) is 6.61 Å². The zero-order valence-electron chi connectivity index (χ0n) is 20.3. The highest BCUT2D eigenvalue weighted by molar-refractivity contribution is 8.19. The highest BCUT2D eigenvalue weighted by Crippen LogP contribution is 2.41. The fourth-order valence-corrected chi connectivity index (χ4v) is 5.22. The van der Waals surface area contributed by atoms with Gasteiger partial charge in [0.15, 0.2) is 16.7 Å². The molecule has 0 radical (unpaired) electrons. The van der Waals surface area contributed by atoms with Crippen LogP contribution in [0.2, 0.25) is 10.0 Å². The molecule has 0 bridgehead atoms. The van der Waals surface area contributed by atoms with Crippen molar-refractivity contribution in [1.82, 2.24) is 0 Å². The van der Waals surface area contributed by atoms with Crippen molar-refractivity contribution in [3.05, 3.63) is 123 Å². The first kappa shape index (κ1) is 25.9. The molecule has 1 aliphatic heterocycles. The maximum atomic E-state index is 13.6. The molecule has 38 heavy (non-hydrogen) atoms. The molecule has 4 aromatic carbocycles. The van der Waals surface area contributed by atoms with Gasteiger partial charge < -0.3 is 9.47 Å². The zero-order valence-corrected chi connectivity index (χ0v) is 22.6. The zero-order chi connectivity index (χ0) is 26.5. The van der Waals surface area contributed by atoms with E-state index >= 15 is 0 Å². The molecular weight excluding hydrogens is 539 g/mol. The van der Waals surface area contributed by atoms with Crippen molar-refractivity contribution < 1.29 is 14.3 Å². The van der Waals surface area contributed by atoms with Crippen LogP contribution >= 0.6 is 35.0 Å². The Bertz CT molecular complexity index is 1510. The number of rotatable bonds is 7. The number of aliphatic imine (C=N–C) groups is 1. The summed E-state index contributed by atoms with van der Waals surface area (Å²) >= 11 is 13.9. The largest absolute Gasteiger partial charge is 0.493 e. The van der Waals surface area contributed by atoms with E-state index in [1.807, 2.05) is 72.8 Å². The molecule has 190 valence electrons. The van der Waals surface area contributed by atoms with E-state index in [2.05, 4.69) is 0 Å². The fourth-order valence-electron chi connectivity index (χ4n) is 3.82. The monoisotopic (exact) mass is 560 g/mol. The van der Waals surface area contributed by atoms with E-state index in [4.69, 9.17) is 37.7 Å². The molecule has 0 saturated carbocycles. The minimum Gasteiger partial charge on any atom is -0.493 e. The van der Waals surface area contributed by atoms with Gasteiger partial charge in [-0.2, -0.15) is 0 Å². The Balaban J connectivity index is 1.45. The van der Waals surface area contributed by atoms with Gasteiger partial charge in [-0.3, -0.25) is 9.69 Å². The summed E-state index contributed by atoms with van der Waals surface area (Å²) in [5.74, 6) is 0.717. The first-order valence-corrected chi connectivity index (χ1v) is 13.3. The summed E-state index contributed by atoms with van der Waals surface area (Å²) in [7, 11) is 1.55. The Morgan fingerprint density at radius 3 is 2.29 bits per heavy atom. The molecule has 5 rings (SSSR count). The van der Waals surface area contributed by atoms with Gasteiger partial charge in [-0.1, -0.05) is 71.7 Å². The summed E-state index contributed by atoms with van der Waals surface area (Å²) in [6.07, 6.45) is 1.79. The Labute approximate surface area is 235 Å². The summed E-state index contributed by atoms with van der Waals surface area (Å²) in [5.41, 5.74) is 3.15. The lowest BCUT2D eigenvalue weighted by Gasteiger charge is -2.15. The number of nitrogens with zero attached hydrogens (tertiary/aromatic N) is 2. The molecule has 1 aliphatic rings. The summed E-state index contributed by atoms with van der Waals surface area (Å²) in [4.78, 5) is 20.4. The molecule has 0 aliphatic carbocycles. The molecule has 1 heterocycles. The topological polar surface area (TPSA) is 51.1 Å². The Morgan fingerprint density at radius 2 is 1.61 bits per heavy atom. The lowest BCUT2D eigenvalue weighted by atomic mass is 10.1. The second-order valence-corrected chi connectivity index (χ2v) is 10.1. The van der Waals surface area contributed by atoms with E-state index in [9.17, 15) is 4.79 Å². The van der Waals surface area contributed by atoms with E-state index in [0.29, 0.717) is 43.8 Å². The number of carbonyl (C=O) groups is 1. The highest BCUT2D eigenvalue weighted by atomic mass is 35.5. The molecule has 1 fully saturated rings. The van der Waals surface area contributed by atoms with Gasteiger partial charge in [0.05, 0.1) is 28.4 Å². The first-order valence-electron chi connectivity index (χ1n) is 11.7. The Hall–Kier alpha value is -3.71. The molecular formula is C30H22Cl2N2O3S. The van der Waals surface area contributed by atoms with Crippen molar-refractivity contribution >= 4 is 63.5 Å². The van der Waals surface area contributed by atoms with E-state index in [1.165, 1.54) is 11.8 Å². The van der Waals surface area contributed by atoms with Crippen LogP contribution in [0.4, 0.5) is 11.4 Å². The summed E-state index contributed by atoms with van der Waals surface area (Å²) < 4.78 is 11.5. The second-order valence-electron chi connectivity index (χ2n) is 8.27. The molecule has 0 N–H and O–H groups in total. The van der Waals surface area contributed by atoms with Crippen LogP contribution < -0.4 is 14.4 Å². The molecule has 0 aromatic heterocycles. The third kappa shape index (κ3) is 5.89. The number of anilines is 1. The van der Waals surface area contributed by atoms with Gasteiger partial charge in [0, 0.05) is 5.02 Å². The number of para-hydroxylation sites is 2. The number of amides is 1. The van der Waals surface area contributed by atoms with Gasteiger partial charge in [-0.25, -0.2) is 4.99 Å². The number of thioether (sulfide) groups is 1. The lowest BCUT2D eigenvalue weighted by molar-refractivity contribution is -0.113. The fraction of sp³-hybridized carbons (Fsp3) is 0.0667. The van der Waals surface area contributed by atoms with Gasteiger partial charge in [-0.15, -0.1) is 0 Å². The summed E-state index contributed by atoms with van der Waals surface area (Å²) in [6, 6.07) is 29.9. The number of ether oxygens (including phenoxy) is 2. The van der Waals surface area contributed by atoms with Crippen LogP contribution in [0.5, 0.6) is 11.5 Å².